The predicted octanol–water partition coefficient (Wildman–Crippen LogP) is 16.5. The molecule has 0 heterocycles. The van der Waals surface area contributed by atoms with Gasteiger partial charge in [0.05, 0.1) is 39.9 Å². The van der Waals surface area contributed by atoms with Gasteiger partial charge in [-0.25, -0.2) is 0 Å². The first-order valence-electron chi connectivity index (χ1n) is 28.5. The third-order valence-corrected chi connectivity index (χ3v) is 13.7. The number of hydrogen-bond acceptors (Lipinski definition) is 6. The number of phosphoric acid groups is 1. The average Bonchev–Trinajstić information content (AvgIpc) is 3.29. The summed E-state index contributed by atoms with van der Waals surface area (Å²) >= 11 is 0. The zero-order valence-corrected chi connectivity index (χ0v) is 45.7. The van der Waals surface area contributed by atoms with E-state index in [9.17, 15) is 19.4 Å². The number of carbonyl (C=O) groups excluding carboxylic acids is 1. The van der Waals surface area contributed by atoms with Crippen molar-refractivity contribution in [3.05, 3.63) is 48.6 Å². The van der Waals surface area contributed by atoms with E-state index in [1.54, 1.807) is 6.08 Å². The van der Waals surface area contributed by atoms with Crippen molar-refractivity contribution in [3.63, 3.8) is 0 Å². The van der Waals surface area contributed by atoms with Crippen molar-refractivity contribution < 1.29 is 32.9 Å². The lowest BCUT2D eigenvalue weighted by molar-refractivity contribution is -0.870. The number of hydrogen-bond donors (Lipinski definition) is 2. The van der Waals surface area contributed by atoms with Crippen molar-refractivity contribution in [2.75, 3.05) is 40.9 Å². The Bertz CT molecular complexity index is 1230. The van der Waals surface area contributed by atoms with Crippen LogP contribution in [0, 0.1) is 0 Å². The highest BCUT2D eigenvalue weighted by Gasteiger charge is 2.23. The van der Waals surface area contributed by atoms with E-state index in [1.165, 1.54) is 199 Å². The van der Waals surface area contributed by atoms with Gasteiger partial charge in [0, 0.05) is 6.42 Å². The lowest BCUT2D eigenvalue weighted by Gasteiger charge is -2.29. The molecule has 1 amide bonds. The number of likely N-dealkylation sites (N-methyl/N-ethyl adjacent to an activating group) is 1. The maximum absolute atomic E-state index is 12.9. The highest BCUT2D eigenvalue weighted by molar-refractivity contribution is 7.45. The second-order valence-electron chi connectivity index (χ2n) is 20.6. The normalized spacial score (nSPS) is 14.3. The first-order valence-corrected chi connectivity index (χ1v) is 30.0. The molecule has 0 aliphatic carbocycles. The van der Waals surface area contributed by atoms with Crippen LogP contribution in [0.1, 0.15) is 264 Å². The number of phosphoric ester groups is 1. The molecule has 2 N–H and O–H groups in total. The summed E-state index contributed by atoms with van der Waals surface area (Å²) in [7, 11) is 1.23. The summed E-state index contributed by atoms with van der Waals surface area (Å²) in [6.07, 6.45) is 64.8. The summed E-state index contributed by atoms with van der Waals surface area (Å²) in [6.45, 7) is 4.64. The third kappa shape index (κ3) is 52.1. The first kappa shape index (κ1) is 65.5. The van der Waals surface area contributed by atoms with Gasteiger partial charge in [0.15, 0.2) is 0 Å². The maximum Gasteiger partial charge on any atom is 0.268 e. The Morgan fingerprint density at radius 1 is 0.507 bits per heavy atom. The van der Waals surface area contributed by atoms with Gasteiger partial charge in [-0.2, -0.15) is 0 Å². The fourth-order valence-corrected chi connectivity index (χ4v) is 8.96. The number of allylic oxidation sites excluding steroid dienone is 7. The van der Waals surface area contributed by atoms with Gasteiger partial charge in [0.25, 0.3) is 7.82 Å². The van der Waals surface area contributed by atoms with Gasteiger partial charge < -0.3 is 28.8 Å². The van der Waals surface area contributed by atoms with Gasteiger partial charge in [-0.1, -0.05) is 236 Å². The van der Waals surface area contributed by atoms with Crippen LogP contribution in [0.3, 0.4) is 0 Å². The van der Waals surface area contributed by atoms with Crippen LogP contribution in [-0.2, 0) is 18.4 Å². The Morgan fingerprint density at radius 3 is 1.21 bits per heavy atom. The summed E-state index contributed by atoms with van der Waals surface area (Å²) in [5.41, 5.74) is 0. The number of unbranched alkanes of at least 4 members (excludes halogenated alkanes) is 33. The highest BCUT2D eigenvalue weighted by atomic mass is 31.2. The SMILES string of the molecule is CCCCCCCCCCC/C=C\CCCCCCCCCC(=O)NC(COP(=O)([O-])OCC[N+](C)(C)C)C(O)/C=C/CC/C=C/CC/C=C/CCCCCCCCCCCCCCCCC. The van der Waals surface area contributed by atoms with E-state index in [4.69, 9.17) is 9.05 Å². The van der Waals surface area contributed by atoms with E-state index in [0.717, 1.165) is 44.9 Å². The van der Waals surface area contributed by atoms with Gasteiger partial charge in [0.1, 0.15) is 13.2 Å². The monoisotopic (exact) mass is 963 g/mol. The first-order chi connectivity index (χ1) is 32.5. The molecule has 3 atom stereocenters. The van der Waals surface area contributed by atoms with E-state index in [1.807, 2.05) is 27.2 Å². The number of quaternary nitrogens is 1. The minimum atomic E-state index is -4.61. The van der Waals surface area contributed by atoms with Crippen molar-refractivity contribution in [1.29, 1.82) is 0 Å². The number of aliphatic hydroxyl groups excluding tert-OH is 1. The molecule has 0 aromatic rings. The quantitative estimate of drug-likeness (QED) is 0.0272. The number of rotatable bonds is 52. The second kappa shape index (κ2) is 49.4. The fraction of sp³-hybridized carbons (Fsp3) is 0.845. The van der Waals surface area contributed by atoms with Gasteiger partial charge in [-0.3, -0.25) is 9.36 Å². The number of amides is 1. The van der Waals surface area contributed by atoms with Crippen LogP contribution in [0.4, 0.5) is 0 Å². The summed E-state index contributed by atoms with van der Waals surface area (Å²) < 4.78 is 23.3. The second-order valence-corrected chi connectivity index (χ2v) is 22.0. The highest BCUT2D eigenvalue weighted by Crippen LogP contribution is 2.38. The molecule has 0 aliphatic heterocycles. The van der Waals surface area contributed by atoms with Crippen LogP contribution in [0.15, 0.2) is 48.6 Å². The Balaban J connectivity index is 4.31. The van der Waals surface area contributed by atoms with E-state index in [0.29, 0.717) is 17.4 Å². The Morgan fingerprint density at radius 2 is 0.836 bits per heavy atom. The Hall–Kier alpha value is -1.54. The molecule has 0 radical (unpaired) electrons. The largest absolute Gasteiger partial charge is 0.756 e. The molecule has 0 bridgehead atoms. The number of aliphatic hydroxyl groups is 1. The Labute approximate surface area is 416 Å². The molecular weight excluding hydrogens is 852 g/mol. The van der Waals surface area contributed by atoms with Gasteiger partial charge >= 0.3 is 0 Å². The lowest BCUT2D eigenvalue weighted by atomic mass is 10.0. The molecule has 0 saturated carbocycles. The van der Waals surface area contributed by atoms with E-state index in [2.05, 4.69) is 55.6 Å². The maximum atomic E-state index is 12.9. The molecule has 0 spiro atoms. The standard InChI is InChI=1S/C58H111N2O6P/c1-6-8-10-12-14-16-18-20-22-24-26-28-29-30-31-32-33-35-37-39-41-43-45-47-49-51-57(61)56(55-66-67(63,64)65-54-53-60(3,4)5)59-58(62)52-50-48-46-44-42-40-38-36-34-27-25-23-21-19-17-15-13-11-9-7-2/h27,33-35,41,43,49,51,56-57,61H,6-26,28-32,36-40,42,44-48,50,52-55H2,1-5H3,(H-,59,62,63,64)/b34-27-,35-33+,43-41+,51-49+. The smallest absolute Gasteiger partial charge is 0.268 e. The van der Waals surface area contributed by atoms with Crippen LogP contribution in [-0.4, -0.2) is 68.5 Å². The van der Waals surface area contributed by atoms with Crippen LogP contribution in [0.5, 0.6) is 0 Å². The summed E-state index contributed by atoms with van der Waals surface area (Å²) in [5.74, 6) is -0.214. The molecule has 67 heavy (non-hydrogen) atoms. The molecular formula is C58H111N2O6P. The van der Waals surface area contributed by atoms with Crippen LogP contribution in [0.25, 0.3) is 0 Å². The van der Waals surface area contributed by atoms with Crippen molar-refractivity contribution in [2.24, 2.45) is 0 Å². The van der Waals surface area contributed by atoms with Crippen molar-refractivity contribution in [2.45, 2.75) is 276 Å². The Kier molecular flexibility index (Phi) is 48.3. The van der Waals surface area contributed by atoms with Gasteiger partial charge in [-0.05, 0) is 70.6 Å². The minimum absolute atomic E-state index is 0.0103. The van der Waals surface area contributed by atoms with E-state index >= 15 is 0 Å². The molecule has 0 aromatic carbocycles. The summed E-state index contributed by atoms with van der Waals surface area (Å²) in [6, 6.07) is -0.913. The molecule has 0 aliphatic rings. The van der Waals surface area contributed by atoms with Gasteiger partial charge in [-0.15, -0.1) is 0 Å². The molecule has 8 nitrogen and oxygen atoms in total. The van der Waals surface area contributed by atoms with Crippen LogP contribution < -0.4 is 10.2 Å². The van der Waals surface area contributed by atoms with Crippen molar-refractivity contribution in [1.82, 2.24) is 5.32 Å². The molecule has 0 saturated heterocycles. The summed E-state index contributed by atoms with van der Waals surface area (Å²) in [4.78, 5) is 25.5. The molecule has 0 rings (SSSR count). The zero-order valence-electron chi connectivity index (χ0n) is 44.9. The average molecular weight is 964 g/mol. The minimum Gasteiger partial charge on any atom is -0.756 e. The fourth-order valence-electron chi connectivity index (χ4n) is 8.24. The topological polar surface area (TPSA) is 108 Å². The van der Waals surface area contributed by atoms with E-state index in [-0.39, 0.29) is 12.5 Å². The molecule has 9 heteroatoms. The number of carbonyl (C=O) groups is 1. The number of nitrogens with zero attached hydrogens (tertiary/aromatic N) is 1. The van der Waals surface area contributed by atoms with Crippen LogP contribution >= 0.6 is 7.82 Å². The molecule has 0 fully saturated rings. The van der Waals surface area contributed by atoms with Crippen LogP contribution in [0.2, 0.25) is 0 Å². The van der Waals surface area contributed by atoms with E-state index < -0.39 is 26.6 Å². The third-order valence-electron chi connectivity index (χ3n) is 12.7. The lowest BCUT2D eigenvalue weighted by Crippen LogP contribution is -2.45. The summed E-state index contributed by atoms with van der Waals surface area (Å²) in [5, 5.41) is 13.9. The van der Waals surface area contributed by atoms with Crippen molar-refractivity contribution in [3.8, 4) is 0 Å². The zero-order chi connectivity index (χ0) is 49.2. The molecule has 3 unspecified atom stereocenters. The molecule has 394 valence electrons. The predicted molar refractivity (Wildman–Crippen MR) is 288 cm³/mol. The van der Waals surface area contributed by atoms with Crippen molar-refractivity contribution >= 4 is 13.7 Å². The van der Waals surface area contributed by atoms with Gasteiger partial charge in [0.2, 0.25) is 5.91 Å². The molecule has 0 aromatic heterocycles. The number of nitrogens with one attached hydrogen (secondary N) is 1.